The van der Waals surface area contributed by atoms with E-state index in [9.17, 15) is 4.79 Å². The molecule has 0 radical (unpaired) electrons. The number of hydrogen-bond donors (Lipinski definition) is 1. The number of halogens is 2. The molecule has 2 heterocycles. The predicted molar refractivity (Wildman–Crippen MR) is 94.3 cm³/mol. The number of ether oxygens (including phenoxy) is 2. The Kier molecular flexibility index (Phi) is 3.67. The SMILES string of the molecule is CC1(C(=O)Nc2nc(-c3ccc4c(c3)OCCO4)cs2)CC1(Cl)Cl. The second-order valence-electron chi connectivity index (χ2n) is 6.06. The third kappa shape index (κ3) is 2.62. The Bertz CT molecular complexity index is 823. The molecule has 1 aromatic heterocycles. The van der Waals surface area contributed by atoms with Crippen molar-refractivity contribution >= 4 is 45.6 Å². The molecule has 1 aliphatic heterocycles. The fraction of sp³-hybridized carbons (Fsp3) is 0.375. The second kappa shape index (κ2) is 5.51. The van der Waals surface area contributed by atoms with Gasteiger partial charge in [0.15, 0.2) is 16.6 Å². The van der Waals surface area contributed by atoms with Gasteiger partial charge in [-0.25, -0.2) is 4.98 Å². The summed E-state index contributed by atoms with van der Waals surface area (Å²) in [4.78, 5) is 16.8. The number of aromatic nitrogens is 1. The van der Waals surface area contributed by atoms with E-state index in [1.807, 2.05) is 23.6 Å². The highest BCUT2D eigenvalue weighted by molar-refractivity contribution is 7.14. The zero-order valence-corrected chi connectivity index (χ0v) is 15.1. The molecule has 24 heavy (non-hydrogen) atoms. The Balaban J connectivity index is 1.52. The summed E-state index contributed by atoms with van der Waals surface area (Å²) in [6, 6.07) is 5.67. The number of alkyl halides is 2. The summed E-state index contributed by atoms with van der Waals surface area (Å²) in [5.41, 5.74) is 0.896. The van der Waals surface area contributed by atoms with Crippen molar-refractivity contribution in [3.8, 4) is 22.8 Å². The van der Waals surface area contributed by atoms with Crippen LogP contribution in [0.1, 0.15) is 13.3 Å². The number of fused-ring (bicyclic) bond motifs is 1. The standard InChI is InChI=1S/C16H14Cl2N2O3S/c1-15(8-16(15,17)18)13(21)20-14-19-10(7-24-14)9-2-3-11-12(6-9)23-5-4-22-11/h2-3,6-7H,4-5,8H2,1H3,(H,19,20,21). The fourth-order valence-corrected chi connectivity index (χ4v) is 3.97. The van der Waals surface area contributed by atoms with Gasteiger partial charge < -0.3 is 14.8 Å². The maximum absolute atomic E-state index is 12.3. The van der Waals surface area contributed by atoms with Crippen molar-refractivity contribution in [1.29, 1.82) is 0 Å². The van der Waals surface area contributed by atoms with Gasteiger partial charge in [0.2, 0.25) is 5.91 Å². The first kappa shape index (κ1) is 16.0. The van der Waals surface area contributed by atoms with Gasteiger partial charge >= 0.3 is 0 Å². The quantitative estimate of drug-likeness (QED) is 0.809. The highest BCUT2D eigenvalue weighted by Gasteiger charge is 2.68. The van der Waals surface area contributed by atoms with E-state index in [0.29, 0.717) is 30.5 Å². The number of carbonyl (C=O) groups excluding carboxylic acids is 1. The van der Waals surface area contributed by atoms with Gasteiger partial charge in [-0.2, -0.15) is 0 Å². The molecule has 1 fully saturated rings. The number of nitrogens with one attached hydrogen (secondary N) is 1. The van der Waals surface area contributed by atoms with Crippen LogP contribution in [-0.2, 0) is 4.79 Å². The van der Waals surface area contributed by atoms with Crippen molar-refractivity contribution in [2.75, 3.05) is 18.5 Å². The first-order chi connectivity index (χ1) is 11.4. The molecule has 1 unspecified atom stereocenters. The monoisotopic (exact) mass is 384 g/mol. The van der Waals surface area contributed by atoms with Crippen molar-refractivity contribution in [3.05, 3.63) is 23.6 Å². The molecule has 8 heteroatoms. The van der Waals surface area contributed by atoms with Crippen LogP contribution in [0.2, 0.25) is 0 Å². The predicted octanol–water partition coefficient (Wildman–Crippen LogP) is 4.10. The zero-order chi connectivity index (χ0) is 16.9. The molecule has 1 atom stereocenters. The van der Waals surface area contributed by atoms with Crippen LogP contribution >= 0.6 is 34.5 Å². The lowest BCUT2D eigenvalue weighted by molar-refractivity contribution is -0.120. The Labute approximate surface area is 152 Å². The van der Waals surface area contributed by atoms with E-state index in [2.05, 4.69) is 10.3 Å². The molecule has 0 spiro atoms. The van der Waals surface area contributed by atoms with Gasteiger partial charge in [0.05, 0.1) is 11.1 Å². The second-order valence-corrected chi connectivity index (χ2v) is 8.41. The van der Waals surface area contributed by atoms with Crippen molar-refractivity contribution in [2.45, 2.75) is 17.7 Å². The van der Waals surface area contributed by atoms with Crippen molar-refractivity contribution in [3.63, 3.8) is 0 Å². The number of anilines is 1. The van der Waals surface area contributed by atoms with Crippen molar-refractivity contribution < 1.29 is 14.3 Å². The third-order valence-electron chi connectivity index (χ3n) is 4.32. The van der Waals surface area contributed by atoms with Gasteiger partial charge in [0.25, 0.3) is 0 Å². The molecule has 5 nitrogen and oxygen atoms in total. The van der Waals surface area contributed by atoms with Gasteiger partial charge in [-0.3, -0.25) is 4.79 Å². The van der Waals surface area contributed by atoms with E-state index in [4.69, 9.17) is 32.7 Å². The van der Waals surface area contributed by atoms with Crippen LogP contribution in [0.15, 0.2) is 23.6 Å². The van der Waals surface area contributed by atoms with Gasteiger partial charge in [-0.15, -0.1) is 34.5 Å². The van der Waals surface area contributed by atoms with Crippen LogP contribution in [0.3, 0.4) is 0 Å². The van der Waals surface area contributed by atoms with Crippen LogP contribution in [0.5, 0.6) is 11.5 Å². The van der Waals surface area contributed by atoms with E-state index in [-0.39, 0.29) is 5.91 Å². The van der Waals surface area contributed by atoms with Gasteiger partial charge in [0, 0.05) is 10.9 Å². The topological polar surface area (TPSA) is 60.5 Å². The van der Waals surface area contributed by atoms with E-state index in [0.717, 1.165) is 17.0 Å². The summed E-state index contributed by atoms with van der Waals surface area (Å²) in [5, 5.41) is 5.19. The lowest BCUT2D eigenvalue weighted by atomic mass is 10.1. The largest absolute Gasteiger partial charge is 0.486 e. The lowest BCUT2D eigenvalue weighted by Gasteiger charge is -2.18. The number of thiazole rings is 1. The lowest BCUT2D eigenvalue weighted by Crippen LogP contribution is -2.25. The van der Waals surface area contributed by atoms with Crippen LogP contribution < -0.4 is 14.8 Å². The Morgan fingerprint density at radius 2 is 2.00 bits per heavy atom. The summed E-state index contributed by atoms with van der Waals surface area (Å²) in [6.07, 6.45) is 0.440. The Hall–Kier alpha value is -1.50. The molecule has 0 saturated heterocycles. The first-order valence-corrected chi connectivity index (χ1v) is 9.07. The van der Waals surface area contributed by atoms with Crippen LogP contribution in [0.25, 0.3) is 11.3 Å². The van der Waals surface area contributed by atoms with E-state index < -0.39 is 9.75 Å². The molecule has 0 bridgehead atoms. The highest BCUT2D eigenvalue weighted by atomic mass is 35.5. The average Bonchev–Trinajstić information content (AvgIpc) is 2.90. The molecule has 1 amide bonds. The highest BCUT2D eigenvalue weighted by Crippen LogP contribution is 2.64. The van der Waals surface area contributed by atoms with Gasteiger partial charge in [-0.1, -0.05) is 0 Å². The molecule has 126 valence electrons. The molecular formula is C16H14Cl2N2O3S. The molecule has 4 rings (SSSR count). The average molecular weight is 385 g/mol. The zero-order valence-electron chi connectivity index (χ0n) is 12.8. The Morgan fingerprint density at radius 3 is 2.71 bits per heavy atom. The minimum Gasteiger partial charge on any atom is -0.486 e. The molecule has 1 N–H and O–H groups in total. The van der Waals surface area contributed by atoms with E-state index in [1.54, 1.807) is 6.92 Å². The minimum atomic E-state index is -0.993. The molecule has 1 aromatic carbocycles. The normalized spacial score (nSPS) is 23.6. The molecular weight excluding hydrogens is 371 g/mol. The maximum atomic E-state index is 12.3. The third-order valence-corrected chi connectivity index (χ3v) is 6.18. The number of amides is 1. The number of carbonyl (C=O) groups is 1. The number of hydrogen-bond acceptors (Lipinski definition) is 5. The Morgan fingerprint density at radius 1 is 1.29 bits per heavy atom. The van der Waals surface area contributed by atoms with Gasteiger partial charge in [-0.05, 0) is 31.5 Å². The molecule has 2 aromatic rings. The van der Waals surface area contributed by atoms with Crippen molar-refractivity contribution in [2.24, 2.45) is 5.41 Å². The first-order valence-electron chi connectivity index (χ1n) is 7.44. The van der Waals surface area contributed by atoms with E-state index >= 15 is 0 Å². The van der Waals surface area contributed by atoms with Crippen LogP contribution in [0, 0.1) is 5.41 Å². The number of benzene rings is 1. The summed E-state index contributed by atoms with van der Waals surface area (Å²) in [7, 11) is 0. The minimum absolute atomic E-state index is 0.212. The summed E-state index contributed by atoms with van der Waals surface area (Å²) in [6.45, 7) is 2.84. The smallest absolute Gasteiger partial charge is 0.235 e. The fourth-order valence-electron chi connectivity index (χ4n) is 2.55. The number of rotatable bonds is 3. The van der Waals surface area contributed by atoms with E-state index in [1.165, 1.54) is 11.3 Å². The molecule has 2 aliphatic rings. The molecule has 1 saturated carbocycles. The summed E-state index contributed by atoms with van der Waals surface area (Å²) in [5.74, 6) is 1.23. The van der Waals surface area contributed by atoms with Crippen LogP contribution in [0.4, 0.5) is 5.13 Å². The summed E-state index contributed by atoms with van der Waals surface area (Å²) < 4.78 is 10.1. The maximum Gasteiger partial charge on any atom is 0.235 e. The molecule has 1 aliphatic carbocycles. The van der Waals surface area contributed by atoms with Gasteiger partial charge in [0.1, 0.15) is 17.5 Å². The van der Waals surface area contributed by atoms with Crippen LogP contribution in [-0.4, -0.2) is 28.4 Å². The number of nitrogens with zero attached hydrogens (tertiary/aromatic N) is 1. The summed E-state index contributed by atoms with van der Waals surface area (Å²) >= 11 is 13.4. The van der Waals surface area contributed by atoms with Crippen molar-refractivity contribution in [1.82, 2.24) is 4.98 Å².